The summed E-state index contributed by atoms with van der Waals surface area (Å²) in [6.45, 7) is 0. The lowest BCUT2D eigenvalue weighted by atomic mass is 10.3. The summed E-state index contributed by atoms with van der Waals surface area (Å²) in [6.07, 6.45) is 0. The van der Waals surface area contributed by atoms with Crippen molar-refractivity contribution in [3.63, 3.8) is 0 Å². The molecule has 0 atom stereocenters. The molecule has 0 aliphatic carbocycles. The Hall–Kier alpha value is -1.38. The standard InChI is InChI=1S/C7H4F5NO2S/c8-4-1-2-6(5(9)3-4)13-16(14,15)7(10,11)12/h1-3,13H. The third kappa shape index (κ3) is 2.60. The van der Waals surface area contributed by atoms with Crippen molar-refractivity contribution in [3.8, 4) is 0 Å². The zero-order valence-corrected chi connectivity index (χ0v) is 8.16. The van der Waals surface area contributed by atoms with Gasteiger partial charge in [-0.2, -0.15) is 21.6 Å². The molecule has 1 aromatic carbocycles. The van der Waals surface area contributed by atoms with Crippen molar-refractivity contribution in [2.75, 3.05) is 4.72 Å². The van der Waals surface area contributed by atoms with Crippen LogP contribution in [0.1, 0.15) is 0 Å². The third-order valence-corrected chi connectivity index (χ3v) is 2.58. The summed E-state index contributed by atoms with van der Waals surface area (Å²) < 4.78 is 82.9. The fourth-order valence-corrected chi connectivity index (χ4v) is 1.35. The zero-order valence-electron chi connectivity index (χ0n) is 7.35. The summed E-state index contributed by atoms with van der Waals surface area (Å²) in [5, 5.41) is 0. The highest BCUT2D eigenvalue weighted by molar-refractivity contribution is 7.93. The first-order chi connectivity index (χ1) is 7.13. The molecule has 16 heavy (non-hydrogen) atoms. The average molecular weight is 261 g/mol. The number of rotatable bonds is 2. The van der Waals surface area contributed by atoms with E-state index in [0.717, 1.165) is 4.72 Å². The summed E-state index contributed by atoms with van der Waals surface area (Å²) in [7, 11) is -5.70. The van der Waals surface area contributed by atoms with Gasteiger partial charge in [-0.25, -0.2) is 8.78 Å². The Morgan fingerprint density at radius 3 is 2.12 bits per heavy atom. The Kier molecular flexibility index (Phi) is 3.08. The first-order valence-corrected chi connectivity index (χ1v) is 5.16. The van der Waals surface area contributed by atoms with Gasteiger partial charge < -0.3 is 0 Å². The van der Waals surface area contributed by atoms with E-state index in [1.165, 1.54) is 0 Å². The van der Waals surface area contributed by atoms with Gasteiger partial charge in [0.2, 0.25) is 0 Å². The smallest absolute Gasteiger partial charge is 0.273 e. The predicted molar refractivity (Wildman–Crippen MR) is 45.0 cm³/mol. The van der Waals surface area contributed by atoms with Gasteiger partial charge in [-0.05, 0) is 12.1 Å². The Labute approximate surface area is 86.9 Å². The SMILES string of the molecule is O=S(=O)(Nc1ccc(F)cc1F)C(F)(F)F. The highest BCUT2D eigenvalue weighted by Gasteiger charge is 2.46. The molecule has 3 nitrogen and oxygen atoms in total. The van der Waals surface area contributed by atoms with Gasteiger partial charge in [0.1, 0.15) is 11.6 Å². The second kappa shape index (κ2) is 3.89. The largest absolute Gasteiger partial charge is 0.516 e. The molecule has 0 heterocycles. The molecule has 1 rings (SSSR count). The number of anilines is 1. The molecule has 0 amide bonds. The van der Waals surface area contributed by atoms with E-state index >= 15 is 0 Å². The van der Waals surface area contributed by atoms with Crippen molar-refractivity contribution < 1.29 is 30.4 Å². The zero-order chi connectivity index (χ0) is 12.6. The Balaban J connectivity index is 3.07. The molecule has 0 saturated heterocycles. The maximum Gasteiger partial charge on any atom is 0.516 e. The second-order valence-corrected chi connectivity index (χ2v) is 4.35. The second-order valence-electron chi connectivity index (χ2n) is 2.68. The van der Waals surface area contributed by atoms with Crippen molar-refractivity contribution in [1.82, 2.24) is 0 Å². The highest BCUT2D eigenvalue weighted by Crippen LogP contribution is 2.26. The van der Waals surface area contributed by atoms with Crippen molar-refractivity contribution in [2.45, 2.75) is 5.51 Å². The lowest BCUT2D eigenvalue weighted by Gasteiger charge is -2.10. The minimum absolute atomic E-state index is 0.258. The molecular weight excluding hydrogens is 257 g/mol. The van der Waals surface area contributed by atoms with Crippen LogP contribution in [-0.4, -0.2) is 13.9 Å². The van der Waals surface area contributed by atoms with Crippen LogP contribution < -0.4 is 4.72 Å². The number of sulfonamides is 1. The lowest BCUT2D eigenvalue weighted by Crippen LogP contribution is -2.30. The fourth-order valence-electron chi connectivity index (χ4n) is 0.775. The number of hydrogen-bond donors (Lipinski definition) is 1. The van der Waals surface area contributed by atoms with E-state index in [9.17, 15) is 30.4 Å². The summed E-state index contributed by atoms with van der Waals surface area (Å²) in [5.74, 6) is -2.47. The van der Waals surface area contributed by atoms with Crippen molar-refractivity contribution in [2.24, 2.45) is 0 Å². The lowest BCUT2D eigenvalue weighted by molar-refractivity contribution is -0.0429. The quantitative estimate of drug-likeness (QED) is 0.830. The predicted octanol–water partition coefficient (Wildman–Crippen LogP) is 2.23. The minimum atomic E-state index is -5.70. The van der Waals surface area contributed by atoms with E-state index in [1.54, 1.807) is 0 Å². The van der Waals surface area contributed by atoms with E-state index in [4.69, 9.17) is 0 Å². The number of hydrogen-bond acceptors (Lipinski definition) is 2. The Bertz CT molecular complexity index is 496. The van der Waals surface area contributed by atoms with Crippen LogP contribution in [0, 0.1) is 11.6 Å². The molecule has 0 spiro atoms. The van der Waals surface area contributed by atoms with Crippen LogP contribution in [0.2, 0.25) is 0 Å². The van der Waals surface area contributed by atoms with Crippen LogP contribution >= 0.6 is 0 Å². The number of halogens is 5. The molecule has 0 saturated carbocycles. The van der Waals surface area contributed by atoms with E-state index in [1.807, 2.05) is 0 Å². The molecule has 0 radical (unpaired) electrons. The summed E-state index contributed by atoms with van der Waals surface area (Å²) in [4.78, 5) is 0. The number of nitrogens with one attached hydrogen (secondary N) is 1. The number of benzene rings is 1. The van der Waals surface area contributed by atoms with Gasteiger partial charge in [0, 0.05) is 6.07 Å². The van der Waals surface area contributed by atoms with E-state index in [2.05, 4.69) is 0 Å². The van der Waals surface area contributed by atoms with Gasteiger partial charge in [0.15, 0.2) is 0 Å². The van der Waals surface area contributed by atoms with Crippen molar-refractivity contribution in [1.29, 1.82) is 0 Å². The monoisotopic (exact) mass is 261 g/mol. The van der Waals surface area contributed by atoms with E-state index in [-0.39, 0.29) is 6.07 Å². The molecule has 0 aliphatic rings. The molecule has 1 N–H and O–H groups in total. The van der Waals surface area contributed by atoms with Gasteiger partial charge in [-0.3, -0.25) is 4.72 Å². The number of alkyl halides is 3. The normalized spacial score (nSPS) is 12.6. The molecule has 9 heteroatoms. The van der Waals surface area contributed by atoms with Gasteiger partial charge >= 0.3 is 15.5 Å². The van der Waals surface area contributed by atoms with E-state index < -0.39 is 32.9 Å². The molecule has 90 valence electrons. The summed E-state index contributed by atoms with van der Waals surface area (Å²) in [6, 6.07) is 1.43. The first kappa shape index (κ1) is 12.7. The maximum absolute atomic E-state index is 12.8. The topological polar surface area (TPSA) is 46.2 Å². The Morgan fingerprint density at radius 2 is 1.69 bits per heavy atom. The molecule has 0 aromatic heterocycles. The highest BCUT2D eigenvalue weighted by atomic mass is 32.2. The molecule has 1 aromatic rings. The molecule has 0 fully saturated rings. The van der Waals surface area contributed by atoms with Crippen molar-refractivity contribution in [3.05, 3.63) is 29.8 Å². The van der Waals surface area contributed by atoms with Gasteiger partial charge in [-0.1, -0.05) is 0 Å². The van der Waals surface area contributed by atoms with Crippen LogP contribution in [-0.2, 0) is 10.0 Å². The Morgan fingerprint density at radius 1 is 1.12 bits per heavy atom. The van der Waals surface area contributed by atoms with Gasteiger partial charge in [-0.15, -0.1) is 0 Å². The summed E-state index contributed by atoms with van der Waals surface area (Å²) >= 11 is 0. The van der Waals surface area contributed by atoms with Gasteiger partial charge in [0.05, 0.1) is 5.69 Å². The molecular formula is C7H4F5NO2S. The maximum atomic E-state index is 12.8. The average Bonchev–Trinajstić information content (AvgIpc) is 2.08. The van der Waals surface area contributed by atoms with Crippen LogP contribution in [0.5, 0.6) is 0 Å². The fraction of sp³-hybridized carbons (Fsp3) is 0.143. The van der Waals surface area contributed by atoms with Crippen LogP contribution in [0.15, 0.2) is 18.2 Å². The minimum Gasteiger partial charge on any atom is -0.273 e. The van der Waals surface area contributed by atoms with Crippen LogP contribution in [0.4, 0.5) is 27.6 Å². The molecule has 0 aliphatic heterocycles. The first-order valence-electron chi connectivity index (χ1n) is 3.67. The molecule has 0 unspecified atom stereocenters. The van der Waals surface area contributed by atoms with Crippen LogP contribution in [0.25, 0.3) is 0 Å². The third-order valence-electron chi connectivity index (χ3n) is 1.48. The summed E-state index contributed by atoms with van der Waals surface area (Å²) in [5.41, 5.74) is -6.54. The molecule has 0 bridgehead atoms. The van der Waals surface area contributed by atoms with E-state index in [0.29, 0.717) is 12.1 Å². The van der Waals surface area contributed by atoms with Crippen molar-refractivity contribution >= 4 is 15.7 Å². The van der Waals surface area contributed by atoms with Crippen LogP contribution in [0.3, 0.4) is 0 Å². The van der Waals surface area contributed by atoms with Gasteiger partial charge in [0.25, 0.3) is 0 Å².